The Bertz CT molecular complexity index is 663. The number of rotatable bonds is 5. The minimum absolute atomic E-state index is 0.0461. The molecule has 0 aromatic carbocycles. The minimum Gasteiger partial charge on any atom is -0.481 e. The molecule has 0 bridgehead atoms. The molecule has 0 radical (unpaired) electrons. The van der Waals surface area contributed by atoms with E-state index >= 15 is 0 Å². The minimum atomic E-state index is -0.833. The van der Waals surface area contributed by atoms with Crippen LogP contribution in [0.25, 0.3) is 0 Å². The Morgan fingerprint density at radius 2 is 2.12 bits per heavy atom. The van der Waals surface area contributed by atoms with Gasteiger partial charge in [-0.1, -0.05) is 42.4 Å². The van der Waals surface area contributed by atoms with Crippen LogP contribution in [0.3, 0.4) is 0 Å². The maximum atomic E-state index is 10.0. The molecule has 2 aliphatic carbocycles. The van der Waals surface area contributed by atoms with Crippen molar-refractivity contribution in [2.45, 2.75) is 50.4 Å². The predicted molar refractivity (Wildman–Crippen MR) is 100 cm³/mol. The maximum absolute atomic E-state index is 10.0. The quantitative estimate of drug-likeness (QED) is 0.264. The summed E-state index contributed by atoms with van der Waals surface area (Å²) in [5, 5.41) is 21.7. The lowest BCUT2D eigenvalue weighted by Gasteiger charge is -2.23. The first-order valence-electron chi connectivity index (χ1n) is 8.08. The molecule has 138 valence electrons. The van der Waals surface area contributed by atoms with Gasteiger partial charge in [0.1, 0.15) is 5.69 Å². The number of nitrogens with one attached hydrogen (secondary N) is 1. The molecule has 3 rings (SSSR count). The number of carboxylic acids is 1. The van der Waals surface area contributed by atoms with E-state index in [9.17, 15) is 5.11 Å². The third kappa shape index (κ3) is 4.77. The summed E-state index contributed by atoms with van der Waals surface area (Å²) < 4.78 is 0. The topological polar surface area (TPSA) is 121 Å². The molecule has 2 atom stereocenters. The molecule has 1 aromatic heterocycles. The zero-order chi connectivity index (χ0) is 18.6. The Morgan fingerprint density at radius 3 is 2.68 bits per heavy atom. The molecular formula is C16H23ClN4O3S. The van der Waals surface area contributed by atoms with E-state index in [0.29, 0.717) is 16.7 Å². The summed E-state index contributed by atoms with van der Waals surface area (Å²) in [6.07, 6.45) is 6.51. The first-order chi connectivity index (χ1) is 11.8. The number of carbonyl (C=O) groups is 1. The van der Waals surface area contributed by atoms with Gasteiger partial charge in [0.25, 0.3) is 5.97 Å². The van der Waals surface area contributed by atoms with Crippen LogP contribution in [-0.4, -0.2) is 44.0 Å². The van der Waals surface area contributed by atoms with Crippen molar-refractivity contribution in [3.8, 4) is 0 Å². The Hall–Kier alpha value is -1.51. The number of nitrogens with zero attached hydrogens (tertiary/aromatic N) is 2. The molecule has 0 aliphatic heterocycles. The fraction of sp³-hybridized carbons (Fsp3) is 0.562. The van der Waals surface area contributed by atoms with Crippen LogP contribution in [-0.2, 0) is 4.79 Å². The van der Waals surface area contributed by atoms with E-state index in [1.165, 1.54) is 0 Å². The summed E-state index contributed by atoms with van der Waals surface area (Å²) in [6.45, 7) is 3.19. The number of halogens is 1. The molecule has 0 amide bonds. The summed E-state index contributed by atoms with van der Waals surface area (Å²) in [4.78, 5) is 17.7. The number of thioether (sulfide) groups is 1. The largest absolute Gasteiger partial charge is 0.481 e. The highest BCUT2D eigenvalue weighted by atomic mass is 35.5. The van der Waals surface area contributed by atoms with Gasteiger partial charge in [-0.25, -0.2) is 9.97 Å². The lowest BCUT2D eigenvalue weighted by Crippen LogP contribution is -2.32. The van der Waals surface area contributed by atoms with Crippen LogP contribution in [0.15, 0.2) is 17.3 Å². The molecule has 1 aromatic rings. The van der Waals surface area contributed by atoms with E-state index in [-0.39, 0.29) is 22.7 Å². The number of anilines is 2. The van der Waals surface area contributed by atoms with E-state index in [0.717, 1.165) is 31.9 Å². The molecule has 0 unspecified atom stereocenters. The highest BCUT2D eigenvalue weighted by molar-refractivity contribution is 7.99. The van der Waals surface area contributed by atoms with Gasteiger partial charge in [-0.2, -0.15) is 0 Å². The first-order valence-corrected chi connectivity index (χ1v) is 9.44. The van der Waals surface area contributed by atoms with Crippen LogP contribution in [0.1, 0.15) is 33.1 Å². The van der Waals surface area contributed by atoms with Gasteiger partial charge in [0.2, 0.25) is 0 Å². The van der Waals surface area contributed by atoms with Crippen molar-refractivity contribution < 1.29 is 15.0 Å². The van der Waals surface area contributed by atoms with Crippen molar-refractivity contribution in [1.29, 1.82) is 0 Å². The predicted octanol–water partition coefficient (Wildman–Crippen LogP) is 2.80. The Balaban J connectivity index is 0.000000511. The number of carboxylic acid groups (broad SMARTS) is 1. The molecule has 1 spiro atoms. The molecule has 1 heterocycles. The van der Waals surface area contributed by atoms with Gasteiger partial charge in [-0.05, 0) is 19.3 Å². The monoisotopic (exact) mass is 386 g/mol. The normalized spacial score (nSPS) is 22.4. The lowest BCUT2D eigenvalue weighted by atomic mass is 9.97. The third-order valence-corrected chi connectivity index (χ3v) is 5.47. The Kier molecular flexibility index (Phi) is 6.53. The molecule has 25 heavy (non-hydrogen) atoms. The highest BCUT2D eigenvalue weighted by Crippen LogP contribution is 2.56. The average molecular weight is 387 g/mol. The molecular weight excluding hydrogens is 364 g/mol. The summed E-state index contributed by atoms with van der Waals surface area (Å²) in [6, 6.07) is 0.0461. The number of aliphatic carboxylic acids is 1. The Labute approximate surface area is 156 Å². The van der Waals surface area contributed by atoms with Gasteiger partial charge in [0.15, 0.2) is 16.1 Å². The number of hydrogen-bond acceptors (Lipinski definition) is 7. The lowest BCUT2D eigenvalue weighted by molar-refractivity contribution is -0.134. The molecule has 5 N–H and O–H groups in total. The van der Waals surface area contributed by atoms with E-state index < -0.39 is 5.97 Å². The van der Waals surface area contributed by atoms with Gasteiger partial charge in [0, 0.05) is 18.1 Å². The second-order valence-corrected chi connectivity index (χ2v) is 7.53. The zero-order valence-electron chi connectivity index (χ0n) is 14.2. The van der Waals surface area contributed by atoms with Crippen molar-refractivity contribution in [3.63, 3.8) is 0 Å². The van der Waals surface area contributed by atoms with E-state index in [2.05, 4.69) is 22.2 Å². The summed E-state index contributed by atoms with van der Waals surface area (Å²) in [5.74, 6) is 0.662. The van der Waals surface area contributed by atoms with Gasteiger partial charge in [-0.3, -0.25) is 4.79 Å². The molecule has 1 fully saturated rings. The van der Waals surface area contributed by atoms with Crippen LogP contribution in [0.2, 0.25) is 5.15 Å². The van der Waals surface area contributed by atoms with Gasteiger partial charge in [-0.15, -0.1) is 0 Å². The number of aliphatic hydroxyl groups is 1. The maximum Gasteiger partial charge on any atom is 0.300 e. The molecule has 0 saturated heterocycles. The first kappa shape index (κ1) is 19.8. The third-order valence-electron chi connectivity index (χ3n) is 4.13. The number of aliphatic hydroxyl groups excluding tert-OH is 1. The fourth-order valence-electron chi connectivity index (χ4n) is 2.66. The molecule has 1 saturated carbocycles. The van der Waals surface area contributed by atoms with Crippen molar-refractivity contribution in [3.05, 3.63) is 17.3 Å². The van der Waals surface area contributed by atoms with Crippen molar-refractivity contribution in [1.82, 2.24) is 9.97 Å². The zero-order valence-corrected chi connectivity index (χ0v) is 15.8. The fourth-order valence-corrected chi connectivity index (χ4v) is 3.58. The second-order valence-electron chi connectivity index (χ2n) is 6.11. The Morgan fingerprint density at radius 1 is 1.48 bits per heavy atom. The number of hydrogen-bond donors (Lipinski definition) is 4. The number of nitrogen functional groups attached to an aromatic ring is 1. The SMILES string of the molecule is CC(=O)O.CCCSc1nc(Cl)c(N)c(N[C@H]2C=C[C@@H](O)C23CC3)n1. The molecule has 7 nitrogen and oxygen atoms in total. The average Bonchev–Trinajstić information content (AvgIpc) is 3.28. The molecule has 9 heteroatoms. The molecule has 2 aliphatic rings. The van der Waals surface area contributed by atoms with Crippen LogP contribution in [0.5, 0.6) is 0 Å². The van der Waals surface area contributed by atoms with Crippen LogP contribution in [0, 0.1) is 5.41 Å². The van der Waals surface area contributed by atoms with Crippen molar-refractivity contribution in [2.75, 3.05) is 16.8 Å². The van der Waals surface area contributed by atoms with Gasteiger partial charge < -0.3 is 21.3 Å². The van der Waals surface area contributed by atoms with E-state index in [1.807, 2.05) is 12.2 Å². The summed E-state index contributed by atoms with van der Waals surface area (Å²) in [5.41, 5.74) is 6.27. The van der Waals surface area contributed by atoms with E-state index in [4.69, 9.17) is 27.2 Å². The van der Waals surface area contributed by atoms with E-state index in [1.54, 1.807) is 11.8 Å². The van der Waals surface area contributed by atoms with Crippen molar-refractivity contribution >= 4 is 40.8 Å². The van der Waals surface area contributed by atoms with Gasteiger partial charge in [0.05, 0.1) is 12.1 Å². The highest BCUT2D eigenvalue weighted by Gasteiger charge is 2.56. The number of aromatic nitrogens is 2. The standard InChI is InChI=1S/C14H19ClN4OS.C2H4O2/c1-2-7-21-13-18-11(15)10(16)12(19-13)17-8-3-4-9(20)14(8)5-6-14;1-2(3)4/h3-4,8-9,20H,2,5-7,16H2,1H3,(H,17,18,19);1H3,(H,3,4)/t8-,9+;/m0./s1. The van der Waals surface area contributed by atoms with Crippen LogP contribution >= 0.6 is 23.4 Å². The summed E-state index contributed by atoms with van der Waals surface area (Å²) in [7, 11) is 0. The van der Waals surface area contributed by atoms with Crippen LogP contribution < -0.4 is 11.1 Å². The van der Waals surface area contributed by atoms with Crippen molar-refractivity contribution in [2.24, 2.45) is 5.41 Å². The van der Waals surface area contributed by atoms with Gasteiger partial charge >= 0.3 is 0 Å². The second kappa shape index (κ2) is 8.25. The smallest absolute Gasteiger partial charge is 0.300 e. The summed E-state index contributed by atoms with van der Waals surface area (Å²) >= 11 is 7.66. The number of nitrogens with two attached hydrogens (primary N) is 1. The van der Waals surface area contributed by atoms with Crippen LogP contribution in [0.4, 0.5) is 11.5 Å².